The first kappa shape index (κ1) is 11.7. The van der Waals surface area contributed by atoms with E-state index in [9.17, 15) is 13.6 Å². The van der Waals surface area contributed by atoms with Crippen LogP contribution in [0, 0.1) is 0 Å². The molecule has 0 aromatic heterocycles. The summed E-state index contributed by atoms with van der Waals surface area (Å²) in [6.45, 7) is 0. The van der Waals surface area contributed by atoms with Crippen LogP contribution in [-0.4, -0.2) is 18.2 Å². The molecule has 0 fully saturated rings. The van der Waals surface area contributed by atoms with Crippen LogP contribution in [0.4, 0.5) is 8.78 Å². The lowest BCUT2D eigenvalue weighted by Gasteiger charge is -2.09. The summed E-state index contributed by atoms with van der Waals surface area (Å²) in [5.41, 5.74) is -0.855. The van der Waals surface area contributed by atoms with Crippen molar-refractivity contribution in [2.45, 2.75) is 6.43 Å². The predicted octanol–water partition coefficient (Wildman–Crippen LogP) is 2.98. The largest absolute Gasteiger partial charge is 0.496 e. The van der Waals surface area contributed by atoms with Crippen molar-refractivity contribution in [2.75, 3.05) is 7.11 Å². The molecule has 0 saturated carbocycles. The zero-order chi connectivity index (χ0) is 11.6. The summed E-state index contributed by atoms with van der Waals surface area (Å²) in [6.07, 6.45) is -2.81. The third-order valence-corrected chi connectivity index (χ3v) is 2.10. The number of carboxylic acid groups (broad SMARTS) is 1. The number of aromatic carboxylic acids is 1. The lowest BCUT2D eigenvalue weighted by atomic mass is 10.1. The molecule has 0 aliphatic heterocycles. The number of carboxylic acids is 1. The summed E-state index contributed by atoms with van der Waals surface area (Å²) >= 11 is 5.57. The van der Waals surface area contributed by atoms with Crippen LogP contribution >= 0.6 is 11.6 Å². The van der Waals surface area contributed by atoms with Gasteiger partial charge in [0.15, 0.2) is 0 Å². The number of hydrogen-bond donors (Lipinski definition) is 1. The highest BCUT2D eigenvalue weighted by atomic mass is 35.5. The lowest BCUT2D eigenvalue weighted by molar-refractivity contribution is 0.0696. The number of halogens is 3. The Morgan fingerprint density at radius 1 is 1.53 bits per heavy atom. The van der Waals surface area contributed by atoms with Crippen LogP contribution < -0.4 is 4.74 Å². The average molecular weight is 237 g/mol. The van der Waals surface area contributed by atoms with Crippen LogP contribution in [0.2, 0.25) is 5.02 Å². The van der Waals surface area contributed by atoms with Crippen molar-refractivity contribution in [3.05, 3.63) is 28.3 Å². The summed E-state index contributed by atoms with van der Waals surface area (Å²) in [4.78, 5) is 10.6. The Bertz CT molecular complexity index is 393. The number of ether oxygens (including phenoxy) is 1. The van der Waals surface area contributed by atoms with Gasteiger partial charge in [0.05, 0.1) is 23.3 Å². The molecule has 0 radical (unpaired) electrons. The summed E-state index contributed by atoms with van der Waals surface area (Å²) in [5.74, 6) is -1.48. The van der Waals surface area contributed by atoms with Crippen molar-refractivity contribution in [3.63, 3.8) is 0 Å². The maximum Gasteiger partial charge on any atom is 0.337 e. The van der Waals surface area contributed by atoms with Crippen LogP contribution in [0.25, 0.3) is 0 Å². The zero-order valence-corrected chi connectivity index (χ0v) is 8.39. The van der Waals surface area contributed by atoms with Gasteiger partial charge in [-0.05, 0) is 6.07 Å². The summed E-state index contributed by atoms with van der Waals surface area (Å²) < 4.78 is 29.6. The van der Waals surface area contributed by atoms with Gasteiger partial charge in [0.1, 0.15) is 5.75 Å². The molecule has 82 valence electrons. The van der Waals surface area contributed by atoms with E-state index >= 15 is 0 Å². The van der Waals surface area contributed by atoms with Crippen molar-refractivity contribution in [1.29, 1.82) is 0 Å². The molecule has 0 aliphatic carbocycles. The van der Waals surface area contributed by atoms with Crippen LogP contribution in [-0.2, 0) is 0 Å². The van der Waals surface area contributed by atoms with Crippen LogP contribution in [0.15, 0.2) is 12.1 Å². The summed E-state index contributed by atoms with van der Waals surface area (Å²) in [7, 11) is 1.21. The maximum absolute atomic E-state index is 12.5. The molecule has 1 N–H and O–H groups in total. The highest BCUT2D eigenvalue weighted by Crippen LogP contribution is 2.33. The molecule has 0 atom stereocenters. The molecule has 0 saturated heterocycles. The van der Waals surface area contributed by atoms with Gasteiger partial charge in [-0.2, -0.15) is 0 Å². The fraction of sp³-hybridized carbons (Fsp3) is 0.222. The number of carbonyl (C=O) groups is 1. The summed E-state index contributed by atoms with van der Waals surface area (Å²) in [6, 6.07) is 1.88. The van der Waals surface area contributed by atoms with E-state index < -0.39 is 18.0 Å². The van der Waals surface area contributed by atoms with Crippen molar-refractivity contribution in [1.82, 2.24) is 0 Å². The third kappa shape index (κ3) is 2.36. The molecule has 3 nitrogen and oxygen atoms in total. The van der Waals surface area contributed by atoms with E-state index in [1.807, 2.05) is 0 Å². The Kier molecular flexibility index (Phi) is 3.47. The first-order valence-electron chi connectivity index (χ1n) is 3.86. The van der Waals surface area contributed by atoms with E-state index in [-0.39, 0.29) is 16.3 Å². The number of alkyl halides is 2. The minimum Gasteiger partial charge on any atom is -0.496 e. The van der Waals surface area contributed by atoms with Crippen LogP contribution in [0.3, 0.4) is 0 Å². The number of benzene rings is 1. The Hall–Kier alpha value is -1.36. The van der Waals surface area contributed by atoms with Gasteiger partial charge in [-0.3, -0.25) is 0 Å². The second-order valence-corrected chi connectivity index (χ2v) is 3.09. The second kappa shape index (κ2) is 4.44. The molecule has 15 heavy (non-hydrogen) atoms. The SMILES string of the molecule is COc1cc(Cl)c(C(=O)O)cc1C(F)F. The summed E-state index contributed by atoms with van der Waals surface area (Å²) in [5, 5.41) is 8.53. The van der Waals surface area contributed by atoms with Gasteiger partial charge in [-0.1, -0.05) is 11.6 Å². The van der Waals surface area contributed by atoms with Crippen molar-refractivity contribution >= 4 is 17.6 Å². The van der Waals surface area contributed by atoms with Gasteiger partial charge >= 0.3 is 5.97 Å². The average Bonchev–Trinajstić information content (AvgIpc) is 2.16. The van der Waals surface area contributed by atoms with E-state index in [1.165, 1.54) is 7.11 Å². The smallest absolute Gasteiger partial charge is 0.337 e. The van der Waals surface area contributed by atoms with Crippen LogP contribution in [0.1, 0.15) is 22.3 Å². The lowest BCUT2D eigenvalue weighted by Crippen LogP contribution is -2.01. The van der Waals surface area contributed by atoms with E-state index in [0.717, 1.165) is 12.1 Å². The quantitative estimate of drug-likeness (QED) is 0.878. The van der Waals surface area contributed by atoms with E-state index in [2.05, 4.69) is 4.74 Å². The fourth-order valence-corrected chi connectivity index (χ4v) is 1.32. The minimum absolute atomic E-state index is 0.125. The normalized spacial score (nSPS) is 10.5. The van der Waals surface area contributed by atoms with E-state index in [0.29, 0.717) is 0 Å². The topological polar surface area (TPSA) is 46.5 Å². The Balaban J connectivity index is 3.37. The van der Waals surface area contributed by atoms with Crippen LogP contribution in [0.5, 0.6) is 5.75 Å². The number of methoxy groups -OCH3 is 1. The predicted molar refractivity (Wildman–Crippen MR) is 49.9 cm³/mol. The van der Waals surface area contributed by atoms with Gasteiger partial charge < -0.3 is 9.84 Å². The molecular weight excluding hydrogens is 230 g/mol. The number of hydrogen-bond acceptors (Lipinski definition) is 2. The monoisotopic (exact) mass is 236 g/mol. The first-order chi connectivity index (χ1) is 6.97. The van der Waals surface area contributed by atoms with E-state index in [4.69, 9.17) is 16.7 Å². The molecule has 1 rings (SSSR count). The van der Waals surface area contributed by atoms with Gasteiger partial charge in [0.25, 0.3) is 6.43 Å². The van der Waals surface area contributed by atoms with Crippen molar-refractivity contribution in [2.24, 2.45) is 0 Å². The molecule has 1 aromatic rings. The first-order valence-corrected chi connectivity index (χ1v) is 4.24. The van der Waals surface area contributed by atoms with E-state index in [1.54, 1.807) is 0 Å². The molecule has 0 spiro atoms. The second-order valence-electron chi connectivity index (χ2n) is 2.68. The molecule has 0 amide bonds. The maximum atomic E-state index is 12.5. The fourth-order valence-electron chi connectivity index (χ4n) is 1.08. The Morgan fingerprint density at radius 3 is 2.53 bits per heavy atom. The highest BCUT2D eigenvalue weighted by Gasteiger charge is 2.19. The van der Waals surface area contributed by atoms with Gasteiger partial charge in [0.2, 0.25) is 0 Å². The zero-order valence-electron chi connectivity index (χ0n) is 7.63. The molecule has 0 heterocycles. The molecular formula is C9H7ClF2O3. The Morgan fingerprint density at radius 2 is 2.13 bits per heavy atom. The Labute approximate surface area is 89.2 Å². The van der Waals surface area contributed by atoms with Crippen molar-refractivity contribution < 1.29 is 23.4 Å². The number of rotatable bonds is 3. The molecule has 6 heteroatoms. The minimum atomic E-state index is -2.81. The highest BCUT2D eigenvalue weighted by molar-refractivity contribution is 6.33. The van der Waals surface area contributed by atoms with Gasteiger partial charge in [-0.15, -0.1) is 0 Å². The third-order valence-electron chi connectivity index (χ3n) is 1.78. The molecule has 0 aliphatic rings. The molecule has 0 bridgehead atoms. The van der Waals surface area contributed by atoms with Gasteiger partial charge in [-0.25, -0.2) is 13.6 Å². The van der Waals surface area contributed by atoms with Crippen molar-refractivity contribution in [3.8, 4) is 5.75 Å². The molecule has 1 aromatic carbocycles. The standard InChI is InChI=1S/C9H7ClF2O3/c1-15-7-3-6(10)4(9(13)14)2-5(7)8(11)12/h2-3,8H,1H3,(H,13,14). The molecule has 0 unspecified atom stereocenters. The van der Waals surface area contributed by atoms with Gasteiger partial charge in [0, 0.05) is 6.07 Å².